The van der Waals surface area contributed by atoms with E-state index in [9.17, 15) is 14.7 Å². The van der Waals surface area contributed by atoms with Crippen molar-refractivity contribution in [2.24, 2.45) is 0 Å². The average Bonchev–Trinajstić information content (AvgIpc) is 2.78. The van der Waals surface area contributed by atoms with Crippen molar-refractivity contribution in [2.75, 3.05) is 7.11 Å². The van der Waals surface area contributed by atoms with Crippen molar-refractivity contribution in [3.8, 4) is 11.5 Å². The molecule has 0 aliphatic rings. The van der Waals surface area contributed by atoms with Gasteiger partial charge in [-0.2, -0.15) is 0 Å². The minimum Gasteiger partial charge on any atom is -0.493 e. The van der Waals surface area contributed by atoms with Crippen LogP contribution >= 0.6 is 23.2 Å². The number of carboxylic acid groups (broad SMARTS) is 1. The second-order valence-electron chi connectivity index (χ2n) is 6.64. The van der Waals surface area contributed by atoms with Gasteiger partial charge in [0.2, 0.25) is 0 Å². The van der Waals surface area contributed by atoms with Crippen LogP contribution in [-0.2, 0) is 11.4 Å². The highest BCUT2D eigenvalue weighted by Crippen LogP contribution is 2.37. The molecule has 8 heteroatoms. The summed E-state index contributed by atoms with van der Waals surface area (Å²) in [6, 6.07) is 18.6. The molecule has 0 heterocycles. The number of ether oxygens (including phenoxy) is 2. The number of hydrogen-bond donors (Lipinski definition) is 2. The van der Waals surface area contributed by atoms with E-state index in [1.165, 1.54) is 19.3 Å². The monoisotopic (exact) mass is 471 g/mol. The Morgan fingerprint density at radius 1 is 1.03 bits per heavy atom. The molecule has 0 fully saturated rings. The summed E-state index contributed by atoms with van der Waals surface area (Å²) in [5.74, 6) is -1.23. The predicted molar refractivity (Wildman–Crippen MR) is 123 cm³/mol. The Kier molecular flexibility index (Phi) is 7.76. The fourth-order valence-corrected chi connectivity index (χ4v) is 3.33. The number of aliphatic carboxylic acids is 1. The molecule has 0 saturated carbocycles. The van der Waals surface area contributed by atoms with E-state index in [1.807, 2.05) is 12.1 Å². The van der Waals surface area contributed by atoms with Gasteiger partial charge in [-0.05, 0) is 53.6 Å². The maximum Gasteiger partial charge on any atom is 0.352 e. The van der Waals surface area contributed by atoms with Gasteiger partial charge in [0, 0.05) is 10.6 Å². The molecule has 2 N–H and O–H groups in total. The van der Waals surface area contributed by atoms with Crippen LogP contribution in [0.5, 0.6) is 11.5 Å². The molecular weight excluding hydrogens is 453 g/mol. The zero-order chi connectivity index (χ0) is 23.1. The quantitative estimate of drug-likeness (QED) is 0.427. The predicted octanol–water partition coefficient (Wildman–Crippen LogP) is 5.44. The van der Waals surface area contributed by atoms with Gasteiger partial charge in [0.1, 0.15) is 12.3 Å². The van der Waals surface area contributed by atoms with Crippen LogP contribution in [-0.4, -0.2) is 24.1 Å². The van der Waals surface area contributed by atoms with Crippen molar-refractivity contribution in [1.29, 1.82) is 0 Å². The van der Waals surface area contributed by atoms with E-state index in [1.54, 1.807) is 48.5 Å². The molecule has 6 nitrogen and oxygen atoms in total. The van der Waals surface area contributed by atoms with Crippen molar-refractivity contribution < 1.29 is 24.2 Å². The highest BCUT2D eigenvalue weighted by atomic mass is 35.5. The smallest absolute Gasteiger partial charge is 0.352 e. The highest BCUT2D eigenvalue weighted by molar-refractivity contribution is 6.32. The van der Waals surface area contributed by atoms with Crippen molar-refractivity contribution in [3.63, 3.8) is 0 Å². The highest BCUT2D eigenvalue weighted by Gasteiger charge is 2.16. The van der Waals surface area contributed by atoms with Crippen molar-refractivity contribution in [1.82, 2.24) is 5.32 Å². The Bertz CT molecular complexity index is 1160. The molecule has 0 bridgehead atoms. The van der Waals surface area contributed by atoms with Gasteiger partial charge in [0.25, 0.3) is 5.91 Å². The first-order valence-corrected chi connectivity index (χ1v) is 10.2. The Morgan fingerprint density at radius 2 is 1.78 bits per heavy atom. The summed E-state index contributed by atoms with van der Waals surface area (Å²) < 4.78 is 11.2. The van der Waals surface area contributed by atoms with E-state index < -0.39 is 11.9 Å². The van der Waals surface area contributed by atoms with E-state index in [0.717, 1.165) is 5.56 Å². The summed E-state index contributed by atoms with van der Waals surface area (Å²) in [6.45, 7) is 0.208. The second-order valence-corrected chi connectivity index (χ2v) is 7.48. The SMILES string of the molecule is COc1cc(/C=C(/NC(=O)c2ccccc2)C(=O)O)cc(Cl)c1OCc1cccc(Cl)c1. The Labute approximate surface area is 195 Å². The molecule has 0 aliphatic heterocycles. The van der Waals surface area contributed by atoms with E-state index in [2.05, 4.69) is 5.32 Å². The number of amides is 1. The van der Waals surface area contributed by atoms with Crippen molar-refractivity contribution >= 4 is 41.2 Å². The van der Waals surface area contributed by atoms with Crippen LogP contribution in [0.4, 0.5) is 0 Å². The molecule has 32 heavy (non-hydrogen) atoms. The lowest BCUT2D eigenvalue weighted by Gasteiger charge is -2.14. The lowest BCUT2D eigenvalue weighted by atomic mass is 10.1. The van der Waals surface area contributed by atoms with Crippen LogP contribution in [0.1, 0.15) is 21.5 Å². The van der Waals surface area contributed by atoms with Gasteiger partial charge in [-0.25, -0.2) is 4.79 Å². The number of hydrogen-bond acceptors (Lipinski definition) is 4. The first-order valence-electron chi connectivity index (χ1n) is 9.43. The number of carbonyl (C=O) groups is 2. The largest absolute Gasteiger partial charge is 0.493 e. The van der Waals surface area contributed by atoms with Gasteiger partial charge in [-0.15, -0.1) is 0 Å². The average molecular weight is 472 g/mol. The first kappa shape index (κ1) is 23.2. The Morgan fingerprint density at radius 3 is 2.44 bits per heavy atom. The zero-order valence-corrected chi connectivity index (χ0v) is 18.5. The number of rotatable bonds is 8. The molecule has 0 spiro atoms. The molecule has 3 aromatic carbocycles. The molecule has 3 rings (SSSR count). The topological polar surface area (TPSA) is 84.9 Å². The summed E-state index contributed by atoms with van der Waals surface area (Å²) in [5, 5.41) is 12.7. The van der Waals surface area contributed by atoms with Gasteiger partial charge in [0.15, 0.2) is 11.5 Å². The molecule has 164 valence electrons. The minimum absolute atomic E-state index is 0.208. The normalized spacial score (nSPS) is 11.0. The van der Waals surface area contributed by atoms with Crippen LogP contribution in [0.2, 0.25) is 10.0 Å². The Hall–Kier alpha value is -3.48. The lowest BCUT2D eigenvalue weighted by molar-refractivity contribution is -0.132. The summed E-state index contributed by atoms with van der Waals surface area (Å²) in [7, 11) is 1.45. The standard InChI is InChI=1S/C24H19Cl2NO5/c1-31-21-13-16(11-19(26)22(21)32-14-15-6-5-9-18(25)10-15)12-20(24(29)30)27-23(28)17-7-3-2-4-8-17/h2-13H,14H2,1H3,(H,27,28)(H,29,30)/b20-12+. The molecule has 0 radical (unpaired) electrons. The third-order valence-corrected chi connectivity index (χ3v) is 4.87. The van der Waals surface area contributed by atoms with Gasteiger partial charge in [0.05, 0.1) is 12.1 Å². The fraction of sp³-hybridized carbons (Fsp3) is 0.0833. The summed E-state index contributed by atoms with van der Waals surface area (Å²) in [4.78, 5) is 24.0. The van der Waals surface area contributed by atoms with Crippen LogP contribution in [0.25, 0.3) is 6.08 Å². The molecule has 0 unspecified atom stereocenters. The Balaban J connectivity index is 1.84. The van der Waals surface area contributed by atoms with E-state index >= 15 is 0 Å². The van der Waals surface area contributed by atoms with E-state index in [4.69, 9.17) is 32.7 Å². The number of carboxylic acids is 1. The molecule has 3 aromatic rings. The van der Waals surface area contributed by atoms with Crippen molar-refractivity contribution in [2.45, 2.75) is 6.61 Å². The molecule has 0 aliphatic carbocycles. The first-order chi connectivity index (χ1) is 15.4. The molecule has 0 saturated heterocycles. The molecule has 1 amide bonds. The molecule has 0 aromatic heterocycles. The summed E-state index contributed by atoms with van der Waals surface area (Å²) in [5.41, 5.74) is 1.27. The maximum absolute atomic E-state index is 12.3. The van der Waals surface area contributed by atoms with Crippen LogP contribution in [0.15, 0.2) is 72.4 Å². The third kappa shape index (κ3) is 6.03. The molecule has 0 atom stereocenters. The van der Waals surface area contributed by atoms with Gasteiger partial charge >= 0.3 is 5.97 Å². The van der Waals surface area contributed by atoms with Gasteiger partial charge < -0.3 is 19.9 Å². The van der Waals surface area contributed by atoms with E-state index in [-0.39, 0.29) is 17.3 Å². The lowest BCUT2D eigenvalue weighted by Crippen LogP contribution is -2.27. The van der Waals surface area contributed by atoms with Gasteiger partial charge in [-0.1, -0.05) is 53.5 Å². The van der Waals surface area contributed by atoms with Crippen LogP contribution in [0.3, 0.4) is 0 Å². The van der Waals surface area contributed by atoms with Crippen LogP contribution < -0.4 is 14.8 Å². The summed E-state index contributed by atoms with van der Waals surface area (Å²) >= 11 is 12.4. The second kappa shape index (κ2) is 10.7. The fourth-order valence-electron chi connectivity index (χ4n) is 2.85. The number of methoxy groups -OCH3 is 1. The number of carbonyl (C=O) groups excluding carboxylic acids is 1. The van der Waals surface area contributed by atoms with E-state index in [0.29, 0.717) is 27.6 Å². The maximum atomic E-state index is 12.3. The summed E-state index contributed by atoms with van der Waals surface area (Å²) in [6.07, 6.45) is 1.29. The van der Waals surface area contributed by atoms with Crippen molar-refractivity contribution in [3.05, 3.63) is 99.2 Å². The zero-order valence-electron chi connectivity index (χ0n) is 17.0. The number of benzene rings is 3. The number of halogens is 2. The van der Waals surface area contributed by atoms with Crippen LogP contribution in [0, 0.1) is 0 Å². The third-order valence-electron chi connectivity index (χ3n) is 4.35. The van der Waals surface area contributed by atoms with Gasteiger partial charge in [-0.3, -0.25) is 4.79 Å². The number of nitrogens with one attached hydrogen (secondary N) is 1. The molecular formula is C24H19Cl2NO5. The minimum atomic E-state index is -1.30.